The van der Waals surface area contributed by atoms with E-state index in [2.05, 4.69) is 14.9 Å². The van der Waals surface area contributed by atoms with Crippen molar-refractivity contribution < 1.29 is 17.7 Å². The Kier molecular flexibility index (Phi) is 5.40. The Labute approximate surface area is 175 Å². The Balaban J connectivity index is 1.46. The predicted molar refractivity (Wildman–Crippen MR) is 111 cm³/mol. The van der Waals surface area contributed by atoms with Gasteiger partial charge in [-0.2, -0.15) is 4.98 Å². The summed E-state index contributed by atoms with van der Waals surface area (Å²) >= 11 is 0. The van der Waals surface area contributed by atoms with Gasteiger partial charge in [0.25, 0.3) is 0 Å². The van der Waals surface area contributed by atoms with Gasteiger partial charge < -0.3 is 9.42 Å². The summed E-state index contributed by atoms with van der Waals surface area (Å²) in [5.41, 5.74) is 3.38. The molecule has 1 aliphatic rings. The van der Waals surface area contributed by atoms with Gasteiger partial charge in [-0.25, -0.2) is 13.1 Å². The molecule has 1 amide bonds. The number of hydrogen-bond acceptors (Lipinski definition) is 6. The molecule has 1 fully saturated rings. The van der Waals surface area contributed by atoms with E-state index < -0.39 is 10.0 Å². The predicted octanol–water partition coefficient (Wildman–Crippen LogP) is 2.96. The molecule has 0 bridgehead atoms. The number of hydrogen-bond donors (Lipinski definition) is 1. The summed E-state index contributed by atoms with van der Waals surface area (Å²) in [4.78, 5) is 18.0. The molecule has 4 rings (SSSR count). The second-order valence-electron chi connectivity index (χ2n) is 7.30. The van der Waals surface area contributed by atoms with E-state index in [1.54, 1.807) is 24.0 Å². The largest absolute Gasteiger partial charge is 0.338 e. The molecule has 1 aromatic heterocycles. The zero-order chi connectivity index (χ0) is 21.3. The van der Waals surface area contributed by atoms with Crippen molar-refractivity contribution in [3.63, 3.8) is 0 Å². The molecule has 0 spiro atoms. The lowest BCUT2D eigenvalue weighted by Crippen LogP contribution is -2.26. The van der Waals surface area contributed by atoms with Gasteiger partial charge in [-0.1, -0.05) is 35.0 Å². The Morgan fingerprint density at radius 2 is 1.90 bits per heavy atom. The van der Waals surface area contributed by atoms with Gasteiger partial charge in [0.1, 0.15) is 0 Å². The van der Waals surface area contributed by atoms with Gasteiger partial charge in [0.2, 0.25) is 27.6 Å². The molecule has 2 aromatic carbocycles. The van der Waals surface area contributed by atoms with Gasteiger partial charge >= 0.3 is 0 Å². The van der Waals surface area contributed by atoms with Gasteiger partial charge in [0.05, 0.1) is 11.4 Å². The number of aryl methyl sites for hydroxylation is 2. The summed E-state index contributed by atoms with van der Waals surface area (Å²) in [6, 6.07) is 12.4. The third-order valence-corrected chi connectivity index (χ3v) is 6.43. The molecule has 1 aliphatic heterocycles. The van der Waals surface area contributed by atoms with E-state index in [1.807, 2.05) is 31.2 Å². The van der Waals surface area contributed by atoms with Gasteiger partial charge in [0.15, 0.2) is 0 Å². The molecule has 0 unspecified atom stereocenters. The molecule has 1 N–H and O–H groups in total. The third kappa shape index (κ3) is 4.12. The lowest BCUT2D eigenvalue weighted by Gasteiger charge is -2.19. The minimum absolute atomic E-state index is 0.0626. The quantitative estimate of drug-likeness (QED) is 0.650. The number of benzene rings is 2. The molecule has 9 heteroatoms. The normalized spacial score (nSPS) is 14.5. The van der Waals surface area contributed by atoms with E-state index in [1.165, 1.54) is 6.07 Å². The van der Waals surface area contributed by atoms with Crippen LogP contribution in [0.2, 0.25) is 0 Å². The highest BCUT2D eigenvalue weighted by Gasteiger charge is 2.24. The third-order valence-electron chi connectivity index (χ3n) is 5.03. The highest BCUT2D eigenvalue weighted by atomic mass is 32.2. The molecule has 2 heterocycles. The van der Waals surface area contributed by atoms with Crippen molar-refractivity contribution in [3.05, 3.63) is 59.5 Å². The molecule has 8 nitrogen and oxygen atoms in total. The molecule has 3 aromatic rings. The van der Waals surface area contributed by atoms with Crippen LogP contribution in [0, 0.1) is 13.8 Å². The second kappa shape index (κ2) is 8.00. The minimum atomic E-state index is -3.78. The first kappa shape index (κ1) is 20.2. The van der Waals surface area contributed by atoms with Crippen molar-refractivity contribution in [1.82, 2.24) is 14.9 Å². The molecule has 156 valence electrons. The highest BCUT2D eigenvalue weighted by Crippen LogP contribution is 2.27. The van der Waals surface area contributed by atoms with Gasteiger partial charge in [-0.3, -0.25) is 4.79 Å². The monoisotopic (exact) mass is 426 g/mol. The number of amides is 1. The molecular weight excluding hydrogens is 404 g/mol. The van der Waals surface area contributed by atoms with Crippen LogP contribution in [-0.2, 0) is 21.4 Å². The topological polar surface area (TPSA) is 105 Å². The van der Waals surface area contributed by atoms with E-state index in [-0.39, 0.29) is 23.2 Å². The highest BCUT2D eigenvalue weighted by molar-refractivity contribution is 7.89. The molecule has 1 saturated heterocycles. The summed E-state index contributed by atoms with van der Waals surface area (Å²) < 4.78 is 33.0. The number of carbonyl (C=O) groups is 1. The fourth-order valence-corrected chi connectivity index (χ4v) is 4.45. The van der Waals surface area contributed by atoms with Crippen molar-refractivity contribution in [1.29, 1.82) is 0 Å². The molecule has 0 radical (unpaired) electrons. The van der Waals surface area contributed by atoms with E-state index in [4.69, 9.17) is 4.52 Å². The van der Waals surface area contributed by atoms with Gasteiger partial charge in [-0.15, -0.1) is 0 Å². The maximum absolute atomic E-state index is 12.7. The van der Waals surface area contributed by atoms with Gasteiger partial charge in [-0.05, 0) is 44.0 Å². The Hall–Kier alpha value is -3.04. The van der Waals surface area contributed by atoms with Crippen LogP contribution in [0.4, 0.5) is 5.69 Å². The van der Waals surface area contributed by atoms with Crippen LogP contribution in [0.1, 0.15) is 29.9 Å². The number of nitrogens with zero attached hydrogens (tertiary/aromatic N) is 3. The van der Waals surface area contributed by atoms with Gasteiger partial charge in [0, 0.05) is 24.2 Å². The van der Waals surface area contributed by atoms with Crippen molar-refractivity contribution in [2.24, 2.45) is 0 Å². The zero-order valence-corrected chi connectivity index (χ0v) is 17.6. The van der Waals surface area contributed by atoms with E-state index in [9.17, 15) is 13.2 Å². The number of nitrogens with one attached hydrogen (secondary N) is 1. The number of rotatable bonds is 6. The second-order valence-corrected chi connectivity index (χ2v) is 9.07. The average molecular weight is 426 g/mol. The summed E-state index contributed by atoms with van der Waals surface area (Å²) in [6.07, 6.45) is 1.34. The van der Waals surface area contributed by atoms with Crippen LogP contribution in [-0.4, -0.2) is 31.0 Å². The zero-order valence-electron chi connectivity index (χ0n) is 16.8. The first-order valence-corrected chi connectivity index (χ1v) is 11.1. The maximum Gasteiger partial charge on any atom is 0.242 e. The van der Waals surface area contributed by atoms with Crippen LogP contribution in [0.5, 0.6) is 0 Å². The molecule has 0 atom stereocenters. The SMILES string of the molecule is Cc1ccc(-c2noc(CNS(=O)(=O)c3ccc(N4CCCC4=O)c(C)c3)n2)cc1. The summed E-state index contributed by atoms with van der Waals surface area (Å²) in [6.45, 7) is 4.32. The molecule has 0 saturated carbocycles. The summed E-state index contributed by atoms with van der Waals surface area (Å²) in [5, 5.41) is 3.91. The van der Waals surface area contributed by atoms with Crippen LogP contribution >= 0.6 is 0 Å². The van der Waals surface area contributed by atoms with Crippen LogP contribution in [0.3, 0.4) is 0 Å². The molecule has 30 heavy (non-hydrogen) atoms. The van der Waals surface area contributed by atoms with Crippen molar-refractivity contribution in [3.8, 4) is 11.4 Å². The Morgan fingerprint density at radius 3 is 2.57 bits per heavy atom. The van der Waals surface area contributed by atoms with Crippen LogP contribution in [0.25, 0.3) is 11.4 Å². The van der Waals surface area contributed by atoms with Crippen LogP contribution in [0.15, 0.2) is 51.9 Å². The number of sulfonamides is 1. The number of carbonyl (C=O) groups excluding carboxylic acids is 1. The molecule has 0 aliphatic carbocycles. The summed E-state index contributed by atoms with van der Waals surface area (Å²) in [5.74, 6) is 0.637. The number of aromatic nitrogens is 2. The fraction of sp³-hybridized carbons (Fsp3) is 0.286. The summed E-state index contributed by atoms with van der Waals surface area (Å²) in [7, 11) is -3.78. The van der Waals surface area contributed by atoms with Crippen molar-refractivity contribution in [2.75, 3.05) is 11.4 Å². The molecular formula is C21H22N4O4S. The maximum atomic E-state index is 12.7. The first-order valence-electron chi connectivity index (χ1n) is 9.64. The van der Waals surface area contributed by atoms with Crippen molar-refractivity contribution in [2.45, 2.75) is 38.1 Å². The fourth-order valence-electron chi connectivity index (χ4n) is 3.39. The smallest absolute Gasteiger partial charge is 0.242 e. The van der Waals surface area contributed by atoms with Crippen LogP contribution < -0.4 is 9.62 Å². The van der Waals surface area contributed by atoms with E-state index in [0.29, 0.717) is 18.8 Å². The van der Waals surface area contributed by atoms with E-state index in [0.717, 1.165) is 28.8 Å². The van der Waals surface area contributed by atoms with E-state index >= 15 is 0 Å². The van der Waals surface area contributed by atoms with Crippen molar-refractivity contribution >= 4 is 21.6 Å². The Bertz CT molecular complexity index is 1190. The lowest BCUT2D eigenvalue weighted by molar-refractivity contribution is -0.117. The first-order chi connectivity index (χ1) is 14.3. The minimum Gasteiger partial charge on any atom is -0.338 e. The number of anilines is 1. The average Bonchev–Trinajstić information content (AvgIpc) is 3.36. The lowest BCUT2D eigenvalue weighted by atomic mass is 10.1. The Morgan fingerprint density at radius 1 is 1.13 bits per heavy atom. The standard InChI is InChI=1S/C21H22N4O4S/c1-14-5-7-16(8-6-14)21-23-19(29-24-21)13-22-30(27,28)17-9-10-18(15(2)12-17)25-11-3-4-20(25)26/h5-10,12,22H,3-4,11,13H2,1-2H3.